The predicted octanol–water partition coefficient (Wildman–Crippen LogP) is 0.609. The first-order valence-electron chi connectivity index (χ1n) is 5.38. The van der Waals surface area contributed by atoms with E-state index in [9.17, 15) is 0 Å². The summed E-state index contributed by atoms with van der Waals surface area (Å²) < 4.78 is 10.6. The van der Waals surface area contributed by atoms with Crippen molar-refractivity contribution in [2.45, 2.75) is 6.42 Å². The largest absolute Gasteiger partial charge is 0.491 e. The van der Waals surface area contributed by atoms with E-state index in [1.165, 1.54) is 0 Å². The first-order chi connectivity index (χ1) is 7.88. The first kappa shape index (κ1) is 13.0. The van der Waals surface area contributed by atoms with Gasteiger partial charge in [0.25, 0.3) is 0 Å². The van der Waals surface area contributed by atoms with Crippen LogP contribution in [0, 0.1) is 0 Å². The van der Waals surface area contributed by atoms with Gasteiger partial charge in [0.15, 0.2) is 0 Å². The molecule has 0 atom stereocenters. The van der Waals surface area contributed by atoms with Gasteiger partial charge in [-0.15, -0.1) is 0 Å². The first-order valence-corrected chi connectivity index (χ1v) is 5.38. The van der Waals surface area contributed by atoms with Crippen LogP contribution in [0.5, 0.6) is 5.75 Å². The Morgan fingerprint density at radius 2 is 1.75 bits per heavy atom. The molecule has 0 spiro atoms. The maximum absolute atomic E-state index is 8.88. The number of aliphatic hydroxyl groups excluding tert-OH is 2. The van der Waals surface area contributed by atoms with Crippen molar-refractivity contribution in [1.82, 2.24) is 0 Å². The van der Waals surface area contributed by atoms with Crippen LogP contribution in [-0.4, -0.2) is 43.2 Å². The Bertz CT molecular complexity index is 288. The van der Waals surface area contributed by atoms with Crippen molar-refractivity contribution in [1.29, 1.82) is 0 Å². The van der Waals surface area contributed by atoms with E-state index in [-0.39, 0.29) is 13.2 Å². The Hall–Kier alpha value is -1.10. The molecule has 0 aliphatic carbocycles. The van der Waals surface area contributed by atoms with Gasteiger partial charge in [0.1, 0.15) is 12.4 Å². The van der Waals surface area contributed by atoms with Crippen molar-refractivity contribution in [2.24, 2.45) is 0 Å². The van der Waals surface area contributed by atoms with Gasteiger partial charge in [0, 0.05) is 6.61 Å². The van der Waals surface area contributed by atoms with E-state index in [2.05, 4.69) is 0 Å². The Morgan fingerprint density at radius 1 is 0.938 bits per heavy atom. The minimum Gasteiger partial charge on any atom is -0.491 e. The topological polar surface area (TPSA) is 58.9 Å². The summed E-state index contributed by atoms with van der Waals surface area (Å²) in [6, 6.07) is 7.61. The molecular weight excluding hydrogens is 208 g/mol. The molecule has 1 aromatic carbocycles. The van der Waals surface area contributed by atoms with Crippen LogP contribution < -0.4 is 4.74 Å². The van der Waals surface area contributed by atoms with Crippen LogP contribution in [0.15, 0.2) is 24.3 Å². The molecule has 0 aliphatic heterocycles. The highest BCUT2D eigenvalue weighted by atomic mass is 16.5. The Balaban J connectivity index is 2.34. The minimum atomic E-state index is 0.0289. The van der Waals surface area contributed by atoms with Crippen molar-refractivity contribution in [2.75, 3.05) is 33.0 Å². The lowest BCUT2D eigenvalue weighted by atomic mass is 10.1. The maximum Gasteiger partial charge on any atom is 0.122 e. The molecule has 90 valence electrons. The molecule has 0 fully saturated rings. The maximum atomic E-state index is 8.88. The fourth-order valence-electron chi connectivity index (χ4n) is 1.35. The molecular formula is C12H18O4. The van der Waals surface area contributed by atoms with Crippen molar-refractivity contribution in [3.05, 3.63) is 29.8 Å². The number of hydrogen-bond donors (Lipinski definition) is 2. The summed E-state index contributed by atoms with van der Waals surface area (Å²) in [5.74, 6) is 0.782. The zero-order valence-electron chi connectivity index (χ0n) is 9.26. The molecule has 0 aromatic heterocycles. The van der Waals surface area contributed by atoms with Crippen molar-refractivity contribution in [3.63, 3.8) is 0 Å². The average Bonchev–Trinajstić information content (AvgIpc) is 2.31. The van der Waals surface area contributed by atoms with E-state index in [1.807, 2.05) is 24.3 Å². The van der Waals surface area contributed by atoms with Gasteiger partial charge in [-0.05, 0) is 18.1 Å². The fourth-order valence-corrected chi connectivity index (χ4v) is 1.35. The summed E-state index contributed by atoms with van der Waals surface area (Å²) in [6.07, 6.45) is 0.591. The highest BCUT2D eigenvalue weighted by Gasteiger charge is 2.01. The summed E-state index contributed by atoms with van der Waals surface area (Å²) in [5.41, 5.74) is 0.993. The van der Waals surface area contributed by atoms with Gasteiger partial charge in [0.05, 0.1) is 19.8 Å². The SMILES string of the molecule is OCCOCCOc1ccccc1CCO. The van der Waals surface area contributed by atoms with E-state index < -0.39 is 0 Å². The molecule has 0 saturated carbocycles. The molecule has 4 nitrogen and oxygen atoms in total. The van der Waals surface area contributed by atoms with Crippen molar-refractivity contribution in [3.8, 4) is 5.75 Å². The standard InChI is InChI=1S/C12H18O4/c13-6-5-11-3-1-2-4-12(11)16-10-9-15-8-7-14/h1-4,13-14H,5-10H2. The van der Waals surface area contributed by atoms with Gasteiger partial charge >= 0.3 is 0 Å². The molecule has 4 heteroatoms. The third-order valence-corrected chi connectivity index (χ3v) is 2.07. The van der Waals surface area contributed by atoms with Crippen LogP contribution in [0.4, 0.5) is 0 Å². The van der Waals surface area contributed by atoms with Crippen molar-refractivity contribution < 1.29 is 19.7 Å². The summed E-state index contributed by atoms with van der Waals surface area (Å²) in [6.45, 7) is 1.38. The van der Waals surface area contributed by atoms with Gasteiger partial charge in [-0.3, -0.25) is 0 Å². The normalized spacial score (nSPS) is 10.4. The Kier molecular flexibility index (Phi) is 6.56. The molecule has 1 aromatic rings. The number of benzene rings is 1. The smallest absolute Gasteiger partial charge is 0.122 e. The van der Waals surface area contributed by atoms with E-state index in [0.717, 1.165) is 11.3 Å². The van der Waals surface area contributed by atoms with Gasteiger partial charge < -0.3 is 19.7 Å². The molecule has 0 amide bonds. The second kappa shape index (κ2) is 8.10. The van der Waals surface area contributed by atoms with E-state index in [1.54, 1.807) is 0 Å². The molecule has 0 saturated heterocycles. The molecule has 0 unspecified atom stereocenters. The number of para-hydroxylation sites is 1. The van der Waals surface area contributed by atoms with Crippen molar-refractivity contribution >= 4 is 0 Å². The van der Waals surface area contributed by atoms with Crippen LogP contribution in [0.3, 0.4) is 0 Å². The van der Waals surface area contributed by atoms with E-state index in [4.69, 9.17) is 19.7 Å². The summed E-state index contributed by atoms with van der Waals surface area (Å²) in [5, 5.41) is 17.4. The third-order valence-electron chi connectivity index (χ3n) is 2.07. The van der Waals surface area contributed by atoms with Crippen LogP contribution in [0.2, 0.25) is 0 Å². The second-order valence-electron chi connectivity index (χ2n) is 3.27. The molecule has 0 bridgehead atoms. The van der Waals surface area contributed by atoms with Gasteiger partial charge in [-0.2, -0.15) is 0 Å². The molecule has 2 N–H and O–H groups in total. The van der Waals surface area contributed by atoms with E-state index in [0.29, 0.717) is 26.2 Å². The van der Waals surface area contributed by atoms with Gasteiger partial charge in [-0.1, -0.05) is 18.2 Å². The predicted molar refractivity (Wildman–Crippen MR) is 60.6 cm³/mol. The number of ether oxygens (including phenoxy) is 2. The fraction of sp³-hybridized carbons (Fsp3) is 0.500. The lowest BCUT2D eigenvalue weighted by molar-refractivity contribution is 0.0702. The van der Waals surface area contributed by atoms with Gasteiger partial charge in [0.2, 0.25) is 0 Å². The molecule has 16 heavy (non-hydrogen) atoms. The van der Waals surface area contributed by atoms with E-state index >= 15 is 0 Å². The summed E-state index contributed by atoms with van der Waals surface area (Å²) >= 11 is 0. The molecule has 0 aliphatic rings. The summed E-state index contributed by atoms with van der Waals surface area (Å²) in [4.78, 5) is 0. The van der Waals surface area contributed by atoms with Gasteiger partial charge in [-0.25, -0.2) is 0 Å². The number of rotatable bonds is 8. The third kappa shape index (κ3) is 4.61. The Labute approximate surface area is 95.4 Å². The molecule has 0 heterocycles. The van der Waals surface area contributed by atoms with Crippen LogP contribution >= 0.6 is 0 Å². The zero-order chi connectivity index (χ0) is 11.6. The lowest BCUT2D eigenvalue weighted by Gasteiger charge is -2.10. The average molecular weight is 226 g/mol. The zero-order valence-corrected chi connectivity index (χ0v) is 9.26. The number of hydrogen-bond acceptors (Lipinski definition) is 4. The Morgan fingerprint density at radius 3 is 2.50 bits per heavy atom. The van der Waals surface area contributed by atoms with Crippen LogP contribution in [-0.2, 0) is 11.2 Å². The monoisotopic (exact) mass is 226 g/mol. The highest BCUT2D eigenvalue weighted by Crippen LogP contribution is 2.17. The minimum absolute atomic E-state index is 0.0289. The summed E-state index contributed by atoms with van der Waals surface area (Å²) in [7, 11) is 0. The lowest BCUT2D eigenvalue weighted by Crippen LogP contribution is -2.10. The molecule has 0 radical (unpaired) electrons. The molecule has 1 rings (SSSR count). The number of aliphatic hydroxyl groups is 2. The second-order valence-corrected chi connectivity index (χ2v) is 3.27. The quantitative estimate of drug-likeness (QED) is 0.638. The van der Waals surface area contributed by atoms with Crippen LogP contribution in [0.25, 0.3) is 0 Å². The van der Waals surface area contributed by atoms with Crippen LogP contribution in [0.1, 0.15) is 5.56 Å². The highest BCUT2D eigenvalue weighted by molar-refractivity contribution is 5.33.